The molecule has 0 spiro atoms. The van der Waals surface area contributed by atoms with Crippen LogP contribution >= 0.6 is 0 Å². The Morgan fingerprint density at radius 3 is 2.38 bits per heavy atom. The number of phenols is 2. The first-order valence-corrected chi connectivity index (χ1v) is 16.3. The fourth-order valence-corrected chi connectivity index (χ4v) is 5.77. The summed E-state index contributed by atoms with van der Waals surface area (Å²) in [4.78, 5) is 55.9. The topological polar surface area (TPSA) is 183 Å². The van der Waals surface area contributed by atoms with Crippen LogP contribution in [-0.4, -0.2) is 72.7 Å². The van der Waals surface area contributed by atoms with Crippen LogP contribution in [0.2, 0.25) is 0 Å². The van der Waals surface area contributed by atoms with Crippen LogP contribution in [0.25, 0.3) is 6.08 Å². The molecular formula is C37H43N3O10. The van der Waals surface area contributed by atoms with Crippen LogP contribution in [0.5, 0.6) is 28.7 Å². The number of Topliss-reactive ketones (excluding diaryl/α,β-unsaturated/α-hetero) is 1. The number of cyclic esters (lactones) is 1. The van der Waals surface area contributed by atoms with E-state index in [2.05, 4.69) is 15.6 Å². The van der Waals surface area contributed by atoms with Gasteiger partial charge in [0, 0.05) is 36.9 Å². The Bertz CT molecular complexity index is 1700. The van der Waals surface area contributed by atoms with Gasteiger partial charge in [0.1, 0.15) is 28.7 Å². The molecule has 4 N–H and O–H groups in total. The van der Waals surface area contributed by atoms with Crippen molar-refractivity contribution in [2.45, 2.75) is 63.9 Å². The largest absolute Gasteiger partial charge is 0.507 e. The van der Waals surface area contributed by atoms with Crippen molar-refractivity contribution in [1.29, 1.82) is 0 Å². The summed E-state index contributed by atoms with van der Waals surface area (Å²) in [5.41, 5.74) is 0.238. The number of nitrogens with zero attached hydrogens (tertiary/aromatic N) is 1. The number of allylic oxidation sites excluding steroid dienone is 1. The molecule has 13 nitrogen and oxygen atoms in total. The van der Waals surface area contributed by atoms with Crippen LogP contribution in [0.1, 0.15) is 84.8 Å². The van der Waals surface area contributed by atoms with Crippen LogP contribution in [-0.2, 0) is 19.1 Å². The Kier molecular flexibility index (Phi) is 13.2. The zero-order valence-electron chi connectivity index (χ0n) is 28.6. The maximum Gasteiger partial charge on any atom is 0.342 e. The highest BCUT2D eigenvalue weighted by atomic mass is 16.5. The number of aromatic hydroxyl groups is 2. The number of nitrogens with one attached hydrogen (secondary N) is 2. The Morgan fingerprint density at radius 2 is 1.72 bits per heavy atom. The van der Waals surface area contributed by atoms with Gasteiger partial charge in [-0.05, 0) is 74.1 Å². The number of carbonyl (C=O) groups is 4. The van der Waals surface area contributed by atoms with E-state index in [1.165, 1.54) is 33.6 Å². The Labute approximate surface area is 290 Å². The highest BCUT2D eigenvalue weighted by molar-refractivity contribution is 5.98. The van der Waals surface area contributed by atoms with Crippen molar-refractivity contribution in [1.82, 2.24) is 10.3 Å². The van der Waals surface area contributed by atoms with Crippen molar-refractivity contribution < 1.29 is 48.3 Å². The third-order valence-electron chi connectivity index (χ3n) is 8.26. The molecule has 266 valence electrons. The lowest BCUT2D eigenvalue weighted by molar-refractivity contribution is -0.124. The number of amides is 2. The third-order valence-corrected chi connectivity index (χ3v) is 8.26. The summed E-state index contributed by atoms with van der Waals surface area (Å²) in [5, 5.41) is 28.5. The first kappa shape index (κ1) is 37.2. The number of pyridine rings is 1. The van der Waals surface area contributed by atoms with Crippen LogP contribution < -0.4 is 24.8 Å². The average molecular weight is 690 g/mol. The number of fused-ring (bicyclic) bond motifs is 1. The molecule has 2 aromatic carbocycles. The molecule has 0 radical (unpaired) electrons. The van der Waals surface area contributed by atoms with Gasteiger partial charge < -0.3 is 39.8 Å². The zero-order chi connectivity index (χ0) is 36.2. The minimum Gasteiger partial charge on any atom is -0.507 e. The van der Waals surface area contributed by atoms with Crippen molar-refractivity contribution in [3.8, 4) is 28.7 Å². The van der Waals surface area contributed by atoms with Crippen molar-refractivity contribution >= 4 is 35.5 Å². The minimum absolute atomic E-state index is 0.129. The standard InChI is InChI=1S/C37H43N3O10/c1-22-11-10-14-25(41)13-7-5-6-12-23-17-27(42)34(35(45)33(23)37(46)50-22)26(24-18-28(47-2)36(49-4)29(19-24)48-3)20-31(43)39-21-32(44)40-30-15-8-9-16-38-30/h6,8-9,12,15-19,22,26,42,45H,5,7,10-11,13-14,20-21H2,1-4H3,(H,39,43)(H,38,40,44). The minimum atomic E-state index is -1.10. The third kappa shape index (κ3) is 9.52. The molecule has 3 aromatic rings. The van der Waals surface area contributed by atoms with Crippen molar-refractivity contribution in [3.63, 3.8) is 0 Å². The molecule has 1 aromatic heterocycles. The fourth-order valence-electron chi connectivity index (χ4n) is 5.77. The lowest BCUT2D eigenvalue weighted by Gasteiger charge is -2.24. The van der Waals surface area contributed by atoms with Gasteiger partial charge in [0.2, 0.25) is 17.6 Å². The van der Waals surface area contributed by atoms with Gasteiger partial charge in [-0.25, -0.2) is 9.78 Å². The monoisotopic (exact) mass is 689 g/mol. The van der Waals surface area contributed by atoms with E-state index >= 15 is 0 Å². The summed E-state index contributed by atoms with van der Waals surface area (Å²) in [6.07, 6.45) is 6.83. The van der Waals surface area contributed by atoms with E-state index in [0.717, 1.165) is 0 Å². The van der Waals surface area contributed by atoms with Gasteiger partial charge in [0.25, 0.3) is 0 Å². The summed E-state index contributed by atoms with van der Waals surface area (Å²) in [7, 11) is 4.27. The highest BCUT2D eigenvalue weighted by Crippen LogP contribution is 2.47. The van der Waals surface area contributed by atoms with Gasteiger partial charge >= 0.3 is 5.97 Å². The molecule has 0 saturated carbocycles. The molecule has 0 aliphatic carbocycles. The second kappa shape index (κ2) is 17.7. The van der Waals surface area contributed by atoms with E-state index in [-0.39, 0.29) is 52.7 Å². The molecule has 2 unspecified atom stereocenters. The summed E-state index contributed by atoms with van der Waals surface area (Å²) in [5.74, 6) is -2.82. The Hall–Kier alpha value is -5.59. The summed E-state index contributed by atoms with van der Waals surface area (Å²) in [6.45, 7) is 1.31. The van der Waals surface area contributed by atoms with Gasteiger partial charge in [-0.3, -0.25) is 14.4 Å². The number of phenolic OH excluding ortho intramolecular Hbond substituents is 2. The van der Waals surface area contributed by atoms with Crippen LogP contribution in [0, 0.1) is 0 Å². The van der Waals surface area contributed by atoms with Gasteiger partial charge in [-0.1, -0.05) is 18.2 Å². The first-order chi connectivity index (χ1) is 24.1. The number of aromatic nitrogens is 1. The maximum atomic E-state index is 13.7. The van der Waals surface area contributed by atoms with E-state index < -0.39 is 41.3 Å². The number of esters is 1. The van der Waals surface area contributed by atoms with Crippen molar-refractivity contribution in [3.05, 3.63) is 70.9 Å². The molecule has 0 saturated heterocycles. The van der Waals surface area contributed by atoms with Gasteiger partial charge in [0.15, 0.2) is 11.5 Å². The molecule has 13 heteroatoms. The number of ketones is 1. The molecular weight excluding hydrogens is 646 g/mol. The lowest BCUT2D eigenvalue weighted by atomic mass is 9.84. The molecule has 50 heavy (non-hydrogen) atoms. The van der Waals surface area contributed by atoms with E-state index in [0.29, 0.717) is 49.9 Å². The number of benzene rings is 2. The average Bonchev–Trinajstić information content (AvgIpc) is 3.09. The molecule has 2 amide bonds. The number of anilines is 1. The molecule has 2 heterocycles. The number of rotatable bonds is 10. The van der Waals surface area contributed by atoms with Gasteiger partial charge in [0.05, 0.1) is 34.0 Å². The van der Waals surface area contributed by atoms with E-state index in [9.17, 15) is 29.4 Å². The molecule has 1 aliphatic heterocycles. The number of carbonyl (C=O) groups excluding carboxylic acids is 4. The Balaban J connectivity index is 1.78. The molecule has 1 aliphatic rings. The summed E-state index contributed by atoms with van der Waals surface area (Å²) >= 11 is 0. The van der Waals surface area contributed by atoms with Gasteiger partial charge in [-0.15, -0.1) is 0 Å². The summed E-state index contributed by atoms with van der Waals surface area (Å²) in [6, 6.07) is 9.47. The summed E-state index contributed by atoms with van der Waals surface area (Å²) < 4.78 is 22.2. The predicted octanol–water partition coefficient (Wildman–Crippen LogP) is 5.28. The van der Waals surface area contributed by atoms with Crippen LogP contribution in [0.3, 0.4) is 0 Å². The fraction of sp³-hybridized carbons (Fsp3) is 0.378. The van der Waals surface area contributed by atoms with Crippen LogP contribution in [0.4, 0.5) is 5.82 Å². The van der Waals surface area contributed by atoms with Crippen molar-refractivity contribution in [2.24, 2.45) is 0 Å². The number of ether oxygens (including phenoxy) is 4. The smallest absolute Gasteiger partial charge is 0.342 e. The highest BCUT2D eigenvalue weighted by Gasteiger charge is 2.32. The second-order valence-corrected chi connectivity index (χ2v) is 11.8. The van der Waals surface area contributed by atoms with Crippen LogP contribution in [0.15, 0.2) is 48.7 Å². The first-order valence-electron chi connectivity index (χ1n) is 16.3. The van der Waals surface area contributed by atoms with E-state index in [4.69, 9.17) is 18.9 Å². The molecule has 0 bridgehead atoms. The van der Waals surface area contributed by atoms with E-state index in [1.807, 2.05) is 0 Å². The SMILES string of the molecule is COc1cc(C(CC(=O)NCC(=O)Nc2ccccn2)c2c(O)cc3c(c2O)C(=O)OC(C)CCCC(=O)CCCC=C3)cc(OC)c1OC. The van der Waals surface area contributed by atoms with E-state index in [1.54, 1.807) is 49.4 Å². The maximum absolute atomic E-state index is 13.7. The molecule has 4 rings (SSSR count). The molecule has 2 atom stereocenters. The second-order valence-electron chi connectivity index (χ2n) is 11.8. The number of hydrogen-bond donors (Lipinski definition) is 4. The normalized spacial score (nSPS) is 15.9. The lowest BCUT2D eigenvalue weighted by Crippen LogP contribution is -2.33. The zero-order valence-corrected chi connectivity index (χ0v) is 28.6. The predicted molar refractivity (Wildman–Crippen MR) is 185 cm³/mol. The van der Waals surface area contributed by atoms with Crippen molar-refractivity contribution in [2.75, 3.05) is 33.2 Å². The quantitative estimate of drug-likeness (QED) is 0.203. The number of methoxy groups -OCH3 is 3. The molecule has 0 fully saturated rings. The van der Waals surface area contributed by atoms with Gasteiger partial charge in [-0.2, -0.15) is 0 Å². The number of hydrogen-bond acceptors (Lipinski definition) is 11. The Morgan fingerprint density at radius 1 is 1.00 bits per heavy atom.